The molecule has 7 heteroatoms. The molecule has 0 bridgehead atoms. The Bertz CT molecular complexity index is 485. The van der Waals surface area contributed by atoms with Crippen molar-refractivity contribution in [1.82, 2.24) is 0 Å². The third-order valence-corrected chi connectivity index (χ3v) is 2.24. The smallest absolute Gasteiger partial charge is 0.201 e. The van der Waals surface area contributed by atoms with Crippen LogP contribution in [0.1, 0.15) is 10.4 Å². The van der Waals surface area contributed by atoms with Crippen LogP contribution < -0.4 is 4.74 Å². The summed E-state index contributed by atoms with van der Waals surface area (Å²) in [5.74, 6) is -1.02. The molecule has 0 saturated heterocycles. The summed E-state index contributed by atoms with van der Waals surface area (Å²) < 4.78 is 5.05. The van der Waals surface area contributed by atoms with E-state index in [2.05, 4.69) is 10.4 Å². The van der Waals surface area contributed by atoms with Crippen LogP contribution in [0, 0.1) is 9.81 Å². The standard InChI is InChI=1S/C9H6N2O5/c12-6-1-4(10-14)2-7-8(6)9(13)5(11-15)3-16-7/h1-2,5,12H,3H2/t5-/m0/s1. The first-order valence-corrected chi connectivity index (χ1v) is 4.37. The van der Waals surface area contributed by atoms with E-state index in [1.807, 2.05) is 0 Å². The molecule has 1 aromatic rings. The molecule has 0 spiro atoms. The number of nitroso groups, excluding NO2 is 2. The summed E-state index contributed by atoms with van der Waals surface area (Å²) in [5, 5.41) is 14.7. The van der Waals surface area contributed by atoms with Gasteiger partial charge in [-0.15, -0.1) is 9.81 Å². The number of carbonyl (C=O) groups excluding carboxylic acids is 1. The van der Waals surface area contributed by atoms with Gasteiger partial charge in [0.2, 0.25) is 5.78 Å². The molecule has 0 amide bonds. The quantitative estimate of drug-likeness (QED) is 0.763. The van der Waals surface area contributed by atoms with Crippen LogP contribution in [0.5, 0.6) is 11.5 Å². The zero-order valence-electron chi connectivity index (χ0n) is 7.91. The van der Waals surface area contributed by atoms with E-state index in [1.165, 1.54) is 6.07 Å². The molecule has 16 heavy (non-hydrogen) atoms. The largest absolute Gasteiger partial charge is 0.507 e. The van der Waals surface area contributed by atoms with Gasteiger partial charge >= 0.3 is 0 Å². The van der Waals surface area contributed by atoms with Crippen LogP contribution in [0.15, 0.2) is 22.5 Å². The zero-order valence-corrected chi connectivity index (χ0v) is 7.91. The summed E-state index contributed by atoms with van der Waals surface area (Å²) in [7, 11) is 0. The minimum absolute atomic E-state index is 0.0412. The second-order valence-corrected chi connectivity index (χ2v) is 3.23. The van der Waals surface area contributed by atoms with Gasteiger partial charge in [0.15, 0.2) is 6.04 Å². The molecule has 0 fully saturated rings. The van der Waals surface area contributed by atoms with Crippen LogP contribution in [0.25, 0.3) is 0 Å². The Hall–Kier alpha value is -2.31. The first-order valence-electron chi connectivity index (χ1n) is 4.37. The van der Waals surface area contributed by atoms with Gasteiger partial charge in [-0.2, -0.15) is 0 Å². The van der Waals surface area contributed by atoms with Gasteiger partial charge in [0, 0.05) is 12.1 Å². The lowest BCUT2D eigenvalue weighted by Crippen LogP contribution is -2.31. The summed E-state index contributed by atoms with van der Waals surface area (Å²) >= 11 is 0. The van der Waals surface area contributed by atoms with Crippen molar-refractivity contribution in [2.24, 2.45) is 10.4 Å². The Kier molecular flexibility index (Phi) is 2.35. The van der Waals surface area contributed by atoms with Gasteiger partial charge in [0.25, 0.3) is 0 Å². The van der Waals surface area contributed by atoms with Crippen LogP contribution in [0.3, 0.4) is 0 Å². The van der Waals surface area contributed by atoms with Crippen molar-refractivity contribution in [2.45, 2.75) is 6.04 Å². The number of phenolic OH excluding ortho intramolecular Hbond substituents is 1. The van der Waals surface area contributed by atoms with Crippen LogP contribution in [-0.2, 0) is 0 Å². The van der Waals surface area contributed by atoms with Gasteiger partial charge in [-0.3, -0.25) is 4.79 Å². The summed E-state index contributed by atoms with van der Waals surface area (Å²) in [6, 6.07) is 1.09. The minimum atomic E-state index is -1.16. The average Bonchev–Trinajstić information content (AvgIpc) is 2.28. The average molecular weight is 222 g/mol. The number of aromatic hydroxyl groups is 1. The summed E-state index contributed by atoms with van der Waals surface area (Å²) in [4.78, 5) is 32.2. The highest BCUT2D eigenvalue weighted by Gasteiger charge is 2.32. The molecular formula is C9H6N2O5. The first kappa shape index (κ1) is 10.2. The van der Waals surface area contributed by atoms with Gasteiger partial charge in [0.05, 0.1) is 0 Å². The van der Waals surface area contributed by atoms with E-state index in [4.69, 9.17) is 4.74 Å². The van der Waals surface area contributed by atoms with Crippen molar-refractivity contribution >= 4 is 11.5 Å². The van der Waals surface area contributed by atoms with Crippen LogP contribution in [-0.4, -0.2) is 23.5 Å². The van der Waals surface area contributed by atoms with Crippen molar-refractivity contribution in [2.75, 3.05) is 6.61 Å². The van der Waals surface area contributed by atoms with Crippen molar-refractivity contribution in [3.05, 3.63) is 27.5 Å². The van der Waals surface area contributed by atoms with E-state index in [0.717, 1.165) is 6.07 Å². The molecular weight excluding hydrogens is 216 g/mol. The SMILES string of the molecule is O=Nc1cc(O)c2c(c1)OC[C@H](N=O)C2=O. The molecule has 1 atom stereocenters. The second-order valence-electron chi connectivity index (χ2n) is 3.23. The molecule has 1 aliphatic rings. The molecule has 2 rings (SSSR count). The van der Waals surface area contributed by atoms with Crippen molar-refractivity contribution in [1.29, 1.82) is 0 Å². The lowest BCUT2D eigenvalue weighted by Gasteiger charge is -2.20. The monoisotopic (exact) mass is 222 g/mol. The fourth-order valence-electron chi connectivity index (χ4n) is 1.49. The molecule has 1 aliphatic heterocycles. The topological polar surface area (TPSA) is 105 Å². The number of hydrogen-bond donors (Lipinski definition) is 1. The maximum absolute atomic E-state index is 11.6. The summed E-state index contributed by atoms with van der Waals surface area (Å²) in [5.41, 5.74) is -0.190. The number of ether oxygens (including phenoxy) is 1. The van der Waals surface area contributed by atoms with Crippen LogP contribution in [0.4, 0.5) is 5.69 Å². The molecule has 0 radical (unpaired) electrons. The number of Topliss-reactive ketones (excluding diaryl/α,β-unsaturated/α-hetero) is 1. The molecule has 1 N–H and O–H groups in total. The fourth-order valence-corrected chi connectivity index (χ4v) is 1.49. The van der Waals surface area contributed by atoms with Gasteiger partial charge in [-0.05, 0) is 5.18 Å². The maximum Gasteiger partial charge on any atom is 0.201 e. The Morgan fingerprint density at radius 1 is 1.38 bits per heavy atom. The Labute approximate surface area is 89.0 Å². The summed E-state index contributed by atoms with van der Waals surface area (Å²) in [6.07, 6.45) is 0. The predicted molar refractivity (Wildman–Crippen MR) is 53.0 cm³/mol. The van der Waals surface area contributed by atoms with Crippen LogP contribution in [0.2, 0.25) is 0 Å². The van der Waals surface area contributed by atoms with Crippen molar-refractivity contribution in [3.63, 3.8) is 0 Å². The normalized spacial score (nSPS) is 18.5. The highest BCUT2D eigenvalue weighted by atomic mass is 16.5. The molecule has 0 aliphatic carbocycles. The van der Waals surface area contributed by atoms with Gasteiger partial charge in [-0.25, -0.2) is 0 Å². The third-order valence-electron chi connectivity index (χ3n) is 2.24. The highest BCUT2D eigenvalue weighted by Crippen LogP contribution is 2.37. The molecule has 0 aromatic heterocycles. The summed E-state index contributed by atoms with van der Waals surface area (Å²) in [6.45, 7) is -0.197. The molecule has 0 unspecified atom stereocenters. The number of ketones is 1. The number of hydrogen-bond acceptors (Lipinski definition) is 7. The van der Waals surface area contributed by atoms with E-state index >= 15 is 0 Å². The lowest BCUT2D eigenvalue weighted by molar-refractivity contribution is 0.0896. The Morgan fingerprint density at radius 3 is 2.75 bits per heavy atom. The number of fused-ring (bicyclic) bond motifs is 1. The zero-order chi connectivity index (χ0) is 11.7. The van der Waals surface area contributed by atoms with E-state index in [-0.39, 0.29) is 23.6 Å². The van der Waals surface area contributed by atoms with Crippen molar-refractivity contribution in [3.8, 4) is 11.5 Å². The van der Waals surface area contributed by atoms with E-state index in [0.29, 0.717) is 0 Å². The van der Waals surface area contributed by atoms with E-state index in [9.17, 15) is 19.7 Å². The number of nitrogens with zero attached hydrogens (tertiary/aromatic N) is 2. The van der Waals surface area contributed by atoms with Gasteiger partial charge < -0.3 is 9.84 Å². The molecule has 82 valence electrons. The number of rotatable bonds is 2. The molecule has 1 aromatic carbocycles. The van der Waals surface area contributed by atoms with Crippen LogP contribution >= 0.6 is 0 Å². The molecule has 1 heterocycles. The highest BCUT2D eigenvalue weighted by molar-refractivity contribution is 6.06. The Balaban J connectivity index is 2.56. The number of benzene rings is 1. The fraction of sp³-hybridized carbons (Fsp3) is 0.222. The lowest BCUT2D eigenvalue weighted by atomic mass is 10.00. The van der Waals surface area contributed by atoms with E-state index in [1.54, 1.807) is 0 Å². The predicted octanol–water partition coefficient (Wildman–Crippen LogP) is 1.50. The first-order chi connectivity index (χ1) is 7.67. The number of phenols is 1. The van der Waals surface area contributed by atoms with Crippen molar-refractivity contribution < 1.29 is 14.6 Å². The number of carbonyl (C=O) groups is 1. The molecule has 0 saturated carbocycles. The third kappa shape index (κ3) is 1.42. The van der Waals surface area contributed by atoms with E-state index < -0.39 is 17.6 Å². The van der Waals surface area contributed by atoms with Gasteiger partial charge in [-0.1, -0.05) is 5.18 Å². The molecule has 7 nitrogen and oxygen atoms in total. The maximum atomic E-state index is 11.6. The Morgan fingerprint density at radius 2 is 2.12 bits per heavy atom. The second kappa shape index (κ2) is 3.69. The minimum Gasteiger partial charge on any atom is -0.507 e. The van der Waals surface area contributed by atoms with Gasteiger partial charge in [0.1, 0.15) is 29.4 Å².